The van der Waals surface area contributed by atoms with Gasteiger partial charge in [-0.15, -0.1) is 12.4 Å². The number of imidazole rings is 2. The van der Waals surface area contributed by atoms with Crippen LogP contribution >= 0.6 is 12.4 Å². The lowest BCUT2D eigenvalue weighted by Gasteiger charge is -2.26. The van der Waals surface area contributed by atoms with Crippen LogP contribution in [-0.4, -0.2) is 44.3 Å². The first-order valence-corrected chi connectivity index (χ1v) is 10.5. The zero-order valence-corrected chi connectivity index (χ0v) is 18.1. The molecular formula is C24H27ClN4O. The highest BCUT2D eigenvalue weighted by atomic mass is 35.5. The topological polar surface area (TPSA) is 42.5 Å². The van der Waals surface area contributed by atoms with E-state index in [-0.39, 0.29) is 18.2 Å². The van der Waals surface area contributed by atoms with E-state index >= 15 is 0 Å². The molecule has 0 unspecified atom stereocenters. The number of hydrogen-bond donors (Lipinski definition) is 0. The van der Waals surface area contributed by atoms with Crippen LogP contribution < -0.4 is 0 Å². The molecule has 1 saturated heterocycles. The van der Waals surface area contributed by atoms with E-state index in [1.165, 1.54) is 32.4 Å². The van der Waals surface area contributed by atoms with Gasteiger partial charge in [-0.1, -0.05) is 48.9 Å². The van der Waals surface area contributed by atoms with Crippen molar-refractivity contribution in [2.75, 3.05) is 19.6 Å². The molecule has 0 spiro atoms. The van der Waals surface area contributed by atoms with Gasteiger partial charge in [0.15, 0.2) is 5.78 Å². The van der Waals surface area contributed by atoms with Crippen molar-refractivity contribution in [2.45, 2.75) is 32.7 Å². The summed E-state index contributed by atoms with van der Waals surface area (Å²) in [5.41, 5.74) is 4.59. The highest BCUT2D eigenvalue weighted by Crippen LogP contribution is 2.30. The van der Waals surface area contributed by atoms with Gasteiger partial charge >= 0.3 is 0 Å². The average molecular weight is 423 g/mol. The molecule has 0 radical (unpaired) electrons. The summed E-state index contributed by atoms with van der Waals surface area (Å²) in [6.45, 7) is 5.88. The van der Waals surface area contributed by atoms with Crippen molar-refractivity contribution in [3.8, 4) is 11.3 Å². The van der Waals surface area contributed by atoms with Crippen LogP contribution in [0.1, 0.15) is 36.7 Å². The van der Waals surface area contributed by atoms with Gasteiger partial charge in [-0.2, -0.15) is 0 Å². The predicted octanol–water partition coefficient (Wildman–Crippen LogP) is 5.07. The Morgan fingerprint density at radius 2 is 1.57 bits per heavy atom. The van der Waals surface area contributed by atoms with E-state index in [4.69, 9.17) is 4.98 Å². The van der Waals surface area contributed by atoms with Crippen LogP contribution in [0.4, 0.5) is 0 Å². The van der Waals surface area contributed by atoms with Crippen LogP contribution in [0.3, 0.4) is 0 Å². The van der Waals surface area contributed by atoms with E-state index in [1.807, 2.05) is 36.4 Å². The fraction of sp³-hybridized carbons (Fsp3) is 0.333. The summed E-state index contributed by atoms with van der Waals surface area (Å²) in [4.78, 5) is 20.2. The standard InChI is InChI=1S/C24H26N4O.ClH/c1-18(29)23-22(19-10-4-2-5-11-19)25-24-27(17-16-26-14-8-3-9-15-26)20-12-6-7-13-21(20)28(23)24;/h2,4-7,10-13H,3,8-9,14-17H2,1H3;1H. The van der Waals surface area contributed by atoms with E-state index in [0.717, 1.165) is 41.2 Å². The summed E-state index contributed by atoms with van der Waals surface area (Å²) < 4.78 is 4.33. The van der Waals surface area contributed by atoms with Crippen LogP contribution in [0.5, 0.6) is 0 Å². The Morgan fingerprint density at radius 1 is 0.900 bits per heavy atom. The van der Waals surface area contributed by atoms with Crippen LogP contribution in [0.15, 0.2) is 54.6 Å². The third kappa shape index (κ3) is 3.53. The van der Waals surface area contributed by atoms with Gasteiger partial charge in [0.1, 0.15) is 11.4 Å². The molecular weight excluding hydrogens is 396 g/mol. The fourth-order valence-electron chi connectivity index (χ4n) is 4.57. The van der Waals surface area contributed by atoms with E-state index in [1.54, 1.807) is 6.92 Å². The van der Waals surface area contributed by atoms with Gasteiger partial charge in [-0.3, -0.25) is 9.20 Å². The molecule has 2 aromatic carbocycles. The number of carbonyl (C=O) groups is 1. The predicted molar refractivity (Wildman–Crippen MR) is 124 cm³/mol. The molecule has 0 bridgehead atoms. The number of likely N-dealkylation sites (tertiary alicyclic amines) is 1. The van der Waals surface area contributed by atoms with Crippen molar-refractivity contribution < 1.29 is 4.79 Å². The zero-order chi connectivity index (χ0) is 19.8. The minimum absolute atomic E-state index is 0. The van der Waals surface area contributed by atoms with Gasteiger partial charge in [-0.05, 0) is 38.1 Å². The number of para-hydroxylation sites is 2. The van der Waals surface area contributed by atoms with Crippen molar-refractivity contribution in [2.24, 2.45) is 0 Å². The van der Waals surface area contributed by atoms with E-state index in [0.29, 0.717) is 5.69 Å². The lowest BCUT2D eigenvalue weighted by molar-refractivity contribution is 0.101. The van der Waals surface area contributed by atoms with Crippen molar-refractivity contribution in [1.29, 1.82) is 0 Å². The number of aromatic nitrogens is 3. The molecule has 4 aromatic rings. The zero-order valence-electron chi connectivity index (χ0n) is 17.3. The maximum Gasteiger partial charge on any atom is 0.216 e. The first kappa shape index (κ1) is 20.6. The Hall–Kier alpha value is -2.63. The molecule has 1 aliphatic heterocycles. The van der Waals surface area contributed by atoms with Crippen molar-refractivity contribution >= 4 is 35.0 Å². The molecule has 0 aliphatic carbocycles. The van der Waals surface area contributed by atoms with Gasteiger partial charge in [0.2, 0.25) is 5.78 Å². The van der Waals surface area contributed by atoms with Crippen molar-refractivity contribution in [1.82, 2.24) is 18.9 Å². The number of benzene rings is 2. The highest BCUT2D eigenvalue weighted by Gasteiger charge is 2.23. The quantitative estimate of drug-likeness (QED) is 0.422. The maximum atomic E-state index is 12.7. The number of ketones is 1. The minimum atomic E-state index is 0. The van der Waals surface area contributed by atoms with Crippen molar-refractivity contribution in [3.05, 3.63) is 60.3 Å². The Morgan fingerprint density at radius 3 is 2.27 bits per heavy atom. The Balaban J connectivity index is 0.00000218. The molecule has 2 aromatic heterocycles. The van der Waals surface area contributed by atoms with E-state index < -0.39 is 0 Å². The molecule has 1 fully saturated rings. The smallest absolute Gasteiger partial charge is 0.216 e. The molecule has 30 heavy (non-hydrogen) atoms. The molecule has 0 atom stereocenters. The van der Waals surface area contributed by atoms with Gasteiger partial charge < -0.3 is 9.47 Å². The van der Waals surface area contributed by atoms with Crippen LogP contribution in [0.25, 0.3) is 28.1 Å². The van der Waals surface area contributed by atoms with Gasteiger partial charge in [0, 0.05) is 25.6 Å². The second-order valence-electron chi connectivity index (χ2n) is 7.91. The SMILES string of the molecule is CC(=O)c1c(-c2ccccc2)nc2n(CCN3CCCCC3)c3ccccc3n12.Cl. The lowest BCUT2D eigenvalue weighted by atomic mass is 10.1. The second-order valence-corrected chi connectivity index (χ2v) is 7.91. The molecule has 5 nitrogen and oxygen atoms in total. The molecule has 0 amide bonds. The number of nitrogens with zero attached hydrogens (tertiary/aromatic N) is 4. The molecule has 3 heterocycles. The van der Waals surface area contributed by atoms with Gasteiger partial charge in [0.05, 0.1) is 11.0 Å². The molecule has 6 heteroatoms. The largest absolute Gasteiger partial charge is 0.308 e. The number of piperidine rings is 1. The fourth-order valence-corrected chi connectivity index (χ4v) is 4.57. The maximum absolute atomic E-state index is 12.7. The number of fused-ring (bicyclic) bond motifs is 3. The number of hydrogen-bond acceptors (Lipinski definition) is 3. The van der Waals surface area contributed by atoms with Crippen molar-refractivity contribution in [3.63, 3.8) is 0 Å². The second kappa shape index (κ2) is 8.62. The van der Waals surface area contributed by atoms with Crippen LogP contribution in [0, 0.1) is 0 Å². The van der Waals surface area contributed by atoms with Gasteiger partial charge in [-0.25, -0.2) is 4.98 Å². The summed E-state index contributed by atoms with van der Waals surface area (Å²) in [6, 6.07) is 18.3. The summed E-state index contributed by atoms with van der Waals surface area (Å²) in [7, 11) is 0. The summed E-state index contributed by atoms with van der Waals surface area (Å²) in [6.07, 6.45) is 3.92. The van der Waals surface area contributed by atoms with E-state index in [2.05, 4.69) is 32.1 Å². The van der Waals surface area contributed by atoms with E-state index in [9.17, 15) is 4.79 Å². The molecule has 156 valence electrons. The monoisotopic (exact) mass is 422 g/mol. The number of halogens is 1. The number of rotatable bonds is 5. The average Bonchev–Trinajstić information content (AvgIpc) is 3.29. The molecule has 5 rings (SSSR count). The summed E-state index contributed by atoms with van der Waals surface area (Å²) >= 11 is 0. The summed E-state index contributed by atoms with van der Waals surface area (Å²) in [5, 5.41) is 0. The minimum Gasteiger partial charge on any atom is -0.308 e. The molecule has 1 aliphatic rings. The third-order valence-electron chi connectivity index (χ3n) is 5.98. The third-order valence-corrected chi connectivity index (χ3v) is 5.98. The Kier molecular flexibility index (Phi) is 5.93. The lowest BCUT2D eigenvalue weighted by Crippen LogP contribution is -2.32. The Labute approximate surface area is 182 Å². The highest BCUT2D eigenvalue weighted by molar-refractivity contribution is 6.01. The van der Waals surface area contributed by atoms with Crippen LogP contribution in [-0.2, 0) is 6.54 Å². The molecule has 0 saturated carbocycles. The Bertz CT molecular complexity index is 1170. The summed E-state index contributed by atoms with van der Waals surface area (Å²) in [5.74, 6) is 0.891. The normalized spacial score (nSPS) is 14.8. The number of Topliss-reactive ketones (excluding diaryl/α,β-unsaturated/α-hetero) is 1. The molecule has 0 N–H and O–H groups in total. The first-order chi connectivity index (χ1) is 14.2. The first-order valence-electron chi connectivity index (χ1n) is 10.5. The van der Waals surface area contributed by atoms with Crippen LogP contribution in [0.2, 0.25) is 0 Å². The van der Waals surface area contributed by atoms with Gasteiger partial charge in [0.25, 0.3) is 0 Å². The number of carbonyl (C=O) groups excluding carboxylic acids is 1.